The average molecular weight is 235 g/mol. The lowest BCUT2D eigenvalue weighted by molar-refractivity contribution is -0.237. The highest BCUT2D eigenvalue weighted by Crippen LogP contribution is 2.40. The van der Waals surface area contributed by atoms with Gasteiger partial charge in [0, 0.05) is 6.42 Å². The van der Waals surface area contributed by atoms with Crippen LogP contribution < -0.4 is 0 Å². The topological polar surface area (TPSA) is 52.6 Å². The van der Waals surface area contributed by atoms with E-state index < -0.39 is 22.6 Å². The van der Waals surface area contributed by atoms with Crippen LogP contribution in [0.1, 0.15) is 40.0 Å². The predicted octanol–water partition coefficient (Wildman–Crippen LogP) is 2.20. The fourth-order valence-corrected chi connectivity index (χ4v) is 1.69. The summed E-state index contributed by atoms with van der Waals surface area (Å²) in [5.41, 5.74) is -1.17. The molecule has 0 aliphatic carbocycles. The fraction of sp³-hybridized carbons (Fsp3) is 0.800. The van der Waals surface area contributed by atoms with Crippen LogP contribution in [0.25, 0.3) is 0 Å². The first-order chi connectivity index (χ1) is 6.94. The Bertz CT molecular complexity index is 263. The van der Waals surface area contributed by atoms with E-state index in [0.717, 1.165) is 0 Å². The number of halogens is 1. The van der Waals surface area contributed by atoms with Crippen molar-refractivity contribution >= 4 is 23.5 Å². The summed E-state index contributed by atoms with van der Waals surface area (Å²) in [6, 6.07) is 0. The van der Waals surface area contributed by atoms with Crippen molar-refractivity contribution in [1.29, 1.82) is 0 Å². The van der Waals surface area contributed by atoms with Gasteiger partial charge in [-0.1, -0.05) is 20.8 Å². The highest BCUT2D eigenvalue weighted by Gasteiger charge is 2.55. The number of esters is 2. The van der Waals surface area contributed by atoms with Gasteiger partial charge in [0.1, 0.15) is 0 Å². The number of carbonyl (C=O) groups excluding carboxylic acids is 2. The molecule has 1 aliphatic rings. The quantitative estimate of drug-likeness (QED) is 0.427. The van der Waals surface area contributed by atoms with Gasteiger partial charge in [-0.3, -0.25) is 9.59 Å². The summed E-state index contributed by atoms with van der Waals surface area (Å²) in [4.78, 5) is 23.5. The largest absolute Gasteiger partial charge is 0.407 e. The normalized spacial score (nSPS) is 23.2. The van der Waals surface area contributed by atoms with E-state index in [-0.39, 0.29) is 6.42 Å². The lowest BCUT2D eigenvalue weighted by Gasteiger charge is -2.38. The second kappa shape index (κ2) is 4.00. The standard InChI is InChI=1S/C10H15ClO4/c1-4-9(5-2)7(12)14-10(11,6-3)15-8(9)13/h4-6H2,1-3H3. The van der Waals surface area contributed by atoms with Crippen molar-refractivity contribution in [2.45, 2.75) is 45.3 Å². The molecule has 1 rings (SSSR count). The second-order valence-electron chi connectivity index (χ2n) is 3.58. The maximum absolute atomic E-state index is 11.8. The smallest absolute Gasteiger partial charge is 0.336 e. The molecule has 1 fully saturated rings. The molecule has 0 unspecified atom stereocenters. The molecule has 0 aromatic heterocycles. The molecule has 0 saturated carbocycles. The minimum Gasteiger partial charge on any atom is -0.407 e. The molecule has 5 heteroatoms. The van der Waals surface area contributed by atoms with E-state index in [4.69, 9.17) is 21.1 Å². The van der Waals surface area contributed by atoms with Crippen LogP contribution in [0, 0.1) is 5.41 Å². The van der Waals surface area contributed by atoms with Gasteiger partial charge in [-0.2, -0.15) is 0 Å². The summed E-state index contributed by atoms with van der Waals surface area (Å²) < 4.78 is 9.95. The molecule has 86 valence electrons. The van der Waals surface area contributed by atoms with Crippen molar-refractivity contribution in [3.8, 4) is 0 Å². The van der Waals surface area contributed by atoms with E-state index in [9.17, 15) is 9.59 Å². The lowest BCUT2D eigenvalue weighted by atomic mass is 9.82. The van der Waals surface area contributed by atoms with Crippen molar-refractivity contribution < 1.29 is 19.1 Å². The van der Waals surface area contributed by atoms with Crippen LogP contribution in [0.5, 0.6) is 0 Å². The molecule has 4 nitrogen and oxygen atoms in total. The van der Waals surface area contributed by atoms with Gasteiger partial charge in [-0.25, -0.2) is 0 Å². The maximum atomic E-state index is 11.8. The van der Waals surface area contributed by atoms with Gasteiger partial charge in [0.05, 0.1) is 0 Å². The number of cyclic esters (lactones) is 2. The highest BCUT2D eigenvalue weighted by molar-refractivity contribution is 6.24. The van der Waals surface area contributed by atoms with Gasteiger partial charge < -0.3 is 9.47 Å². The van der Waals surface area contributed by atoms with Crippen molar-refractivity contribution in [3.63, 3.8) is 0 Å². The zero-order valence-corrected chi connectivity index (χ0v) is 9.89. The number of hydrogen-bond donors (Lipinski definition) is 0. The molecular formula is C10H15ClO4. The van der Waals surface area contributed by atoms with Crippen LogP contribution in [0.15, 0.2) is 0 Å². The molecule has 1 heterocycles. The van der Waals surface area contributed by atoms with E-state index in [0.29, 0.717) is 12.8 Å². The predicted molar refractivity (Wildman–Crippen MR) is 54.1 cm³/mol. The first kappa shape index (κ1) is 12.3. The number of carbonyl (C=O) groups is 2. The Hall–Kier alpha value is -0.770. The van der Waals surface area contributed by atoms with E-state index in [1.54, 1.807) is 20.8 Å². The van der Waals surface area contributed by atoms with Gasteiger partial charge in [-0.05, 0) is 24.4 Å². The summed E-state index contributed by atoms with van der Waals surface area (Å²) in [7, 11) is 0. The molecule has 0 aromatic carbocycles. The van der Waals surface area contributed by atoms with Crippen LogP contribution in [0.3, 0.4) is 0 Å². The first-order valence-electron chi connectivity index (χ1n) is 5.10. The molecule has 0 atom stereocenters. The Labute approximate surface area is 93.9 Å². The second-order valence-corrected chi connectivity index (χ2v) is 4.16. The Balaban J connectivity index is 3.00. The summed E-state index contributed by atoms with van der Waals surface area (Å²) >= 11 is 5.80. The van der Waals surface area contributed by atoms with Crippen LogP contribution in [-0.4, -0.2) is 17.2 Å². The van der Waals surface area contributed by atoms with Gasteiger partial charge in [0.15, 0.2) is 5.41 Å². The summed E-state index contributed by atoms with van der Waals surface area (Å²) in [6.45, 7) is 5.18. The van der Waals surface area contributed by atoms with Crippen LogP contribution >= 0.6 is 11.6 Å². The lowest BCUT2D eigenvalue weighted by Crippen LogP contribution is -2.53. The van der Waals surface area contributed by atoms with E-state index in [1.807, 2.05) is 0 Å². The molecule has 1 saturated heterocycles. The Kier molecular flexibility index (Phi) is 3.28. The Morgan fingerprint density at radius 3 is 1.67 bits per heavy atom. The van der Waals surface area contributed by atoms with Gasteiger partial charge in [-0.15, -0.1) is 0 Å². The Morgan fingerprint density at radius 1 is 1.00 bits per heavy atom. The molecule has 0 amide bonds. The zero-order valence-electron chi connectivity index (χ0n) is 9.13. The minimum absolute atomic E-state index is 0.232. The minimum atomic E-state index is -1.61. The van der Waals surface area contributed by atoms with Crippen molar-refractivity contribution in [3.05, 3.63) is 0 Å². The molecule has 0 aromatic rings. The average Bonchev–Trinajstić information content (AvgIpc) is 2.19. The van der Waals surface area contributed by atoms with Gasteiger partial charge in [0.2, 0.25) is 0 Å². The zero-order chi connectivity index (χ0) is 11.7. The monoisotopic (exact) mass is 234 g/mol. The molecule has 0 spiro atoms. The van der Waals surface area contributed by atoms with E-state index in [2.05, 4.69) is 0 Å². The SMILES string of the molecule is CCC1(Cl)OC(=O)C(CC)(CC)C(=O)O1. The van der Waals surface area contributed by atoms with E-state index >= 15 is 0 Å². The molecule has 1 aliphatic heterocycles. The van der Waals surface area contributed by atoms with Crippen molar-refractivity contribution in [2.75, 3.05) is 0 Å². The van der Waals surface area contributed by atoms with Crippen LogP contribution in [0.4, 0.5) is 0 Å². The fourth-order valence-electron chi connectivity index (χ4n) is 1.55. The van der Waals surface area contributed by atoms with Crippen molar-refractivity contribution in [1.82, 2.24) is 0 Å². The van der Waals surface area contributed by atoms with Gasteiger partial charge >= 0.3 is 17.2 Å². The first-order valence-corrected chi connectivity index (χ1v) is 5.47. The molecule has 0 N–H and O–H groups in total. The Morgan fingerprint density at radius 2 is 1.40 bits per heavy atom. The number of rotatable bonds is 3. The molecule has 15 heavy (non-hydrogen) atoms. The highest BCUT2D eigenvalue weighted by atomic mass is 35.5. The maximum Gasteiger partial charge on any atom is 0.336 e. The van der Waals surface area contributed by atoms with Gasteiger partial charge in [0.25, 0.3) is 0 Å². The van der Waals surface area contributed by atoms with E-state index in [1.165, 1.54) is 0 Å². The summed E-state index contributed by atoms with van der Waals surface area (Å²) in [6.07, 6.45) is 0.950. The van der Waals surface area contributed by atoms with Crippen molar-refractivity contribution in [2.24, 2.45) is 5.41 Å². The third-order valence-electron chi connectivity index (χ3n) is 2.90. The van der Waals surface area contributed by atoms with Crippen LogP contribution in [0.2, 0.25) is 0 Å². The number of ether oxygens (including phenoxy) is 2. The molecule has 0 radical (unpaired) electrons. The molecular weight excluding hydrogens is 220 g/mol. The number of alkyl halides is 1. The number of hydrogen-bond acceptors (Lipinski definition) is 4. The summed E-state index contributed by atoms with van der Waals surface area (Å²) in [5, 5.41) is -1.61. The third kappa shape index (κ3) is 1.83. The summed E-state index contributed by atoms with van der Waals surface area (Å²) in [5.74, 6) is -1.17. The molecule has 0 bridgehead atoms. The third-order valence-corrected chi connectivity index (χ3v) is 3.32. The van der Waals surface area contributed by atoms with Crippen LogP contribution in [-0.2, 0) is 19.1 Å².